The van der Waals surface area contributed by atoms with E-state index in [1.54, 1.807) is 24.3 Å². The molecule has 3 aromatic rings. The topological polar surface area (TPSA) is 66.5 Å². The molecule has 1 amide bonds. The van der Waals surface area contributed by atoms with Gasteiger partial charge in [-0.15, -0.1) is 0 Å². The summed E-state index contributed by atoms with van der Waals surface area (Å²) in [5, 5.41) is 3.18. The standard InChI is InChI=1S/C21H17Cl2FN2O3S/c1-30(28,29)26(13-15-5-2-3-7-18(15)24)16-11-9-14(10-12-16)21(27)25-19-8-4-6-17(22)20(19)23/h2-12H,13H2,1H3,(H,25,27). The Morgan fingerprint density at radius 2 is 1.67 bits per heavy atom. The molecule has 0 heterocycles. The van der Waals surface area contributed by atoms with Crippen molar-refractivity contribution in [3.63, 3.8) is 0 Å². The molecule has 0 bridgehead atoms. The Kier molecular flexibility index (Phi) is 6.65. The molecule has 0 radical (unpaired) electrons. The van der Waals surface area contributed by atoms with E-state index in [9.17, 15) is 17.6 Å². The summed E-state index contributed by atoms with van der Waals surface area (Å²) < 4.78 is 39.6. The SMILES string of the molecule is CS(=O)(=O)N(Cc1ccccc1F)c1ccc(C(=O)Nc2cccc(Cl)c2Cl)cc1. The van der Waals surface area contributed by atoms with E-state index >= 15 is 0 Å². The van der Waals surface area contributed by atoms with Gasteiger partial charge in [-0.1, -0.05) is 47.5 Å². The number of hydrogen-bond acceptors (Lipinski definition) is 3. The first kappa shape index (κ1) is 22.1. The van der Waals surface area contributed by atoms with Crippen molar-refractivity contribution in [2.45, 2.75) is 6.54 Å². The number of halogens is 3. The zero-order valence-corrected chi connectivity index (χ0v) is 18.1. The monoisotopic (exact) mass is 466 g/mol. The molecule has 0 fully saturated rings. The second-order valence-electron chi connectivity index (χ2n) is 6.46. The predicted octanol–water partition coefficient (Wildman–Crippen LogP) is 5.35. The van der Waals surface area contributed by atoms with Gasteiger partial charge in [-0.05, 0) is 42.5 Å². The van der Waals surface area contributed by atoms with Crippen LogP contribution in [-0.4, -0.2) is 20.6 Å². The second kappa shape index (κ2) is 9.04. The molecule has 1 N–H and O–H groups in total. The molecule has 0 aliphatic heterocycles. The fourth-order valence-electron chi connectivity index (χ4n) is 2.76. The largest absolute Gasteiger partial charge is 0.321 e. The van der Waals surface area contributed by atoms with Gasteiger partial charge in [0.2, 0.25) is 10.0 Å². The average Bonchev–Trinajstić information content (AvgIpc) is 2.70. The van der Waals surface area contributed by atoms with Gasteiger partial charge >= 0.3 is 0 Å². The molecule has 5 nitrogen and oxygen atoms in total. The first-order valence-corrected chi connectivity index (χ1v) is 11.3. The van der Waals surface area contributed by atoms with Crippen molar-refractivity contribution in [3.8, 4) is 0 Å². The fraction of sp³-hybridized carbons (Fsp3) is 0.0952. The Hall–Kier alpha value is -2.61. The number of amides is 1. The molecule has 0 aliphatic carbocycles. The summed E-state index contributed by atoms with van der Waals surface area (Å²) in [6.07, 6.45) is 1.04. The zero-order chi connectivity index (χ0) is 21.9. The average molecular weight is 467 g/mol. The smallest absolute Gasteiger partial charge is 0.255 e. The van der Waals surface area contributed by atoms with Gasteiger partial charge in [0, 0.05) is 11.1 Å². The number of nitrogens with zero attached hydrogens (tertiary/aromatic N) is 1. The lowest BCUT2D eigenvalue weighted by Gasteiger charge is -2.23. The highest BCUT2D eigenvalue weighted by molar-refractivity contribution is 7.92. The van der Waals surface area contributed by atoms with Crippen molar-refractivity contribution in [2.24, 2.45) is 0 Å². The first-order chi connectivity index (χ1) is 14.2. The predicted molar refractivity (Wildman–Crippen MR) is 118 cm³/mol. The second-order valence-corrected chi connectivity index (χ2v) is 9.16. The van der Waals surface area contributed by atoms with Gasteiger partial charge in [0.25, 0.3) is 5.91 Å². The van der Waals surface area contributed by atoms with Gasteiger partial charge in [0.15, 0.2) is 0 Å². The van der Waals surface area contributed by atoms with Crippen molar-refractivity contribution >= 4 is 50.5 Å². The lowest BCUT2D eigenvalue weighted by Crippen LogP contribution is -2.29. The van der Waals surface area contributed by atoms with E-state index in [0.717, 1.165) is 10.6 Å². The third-order valence-electron chi connectivity index (χ3n) is 4.29. The Morgan fingerprint density at radius 1 is 1.00 bits per heavy atom. The lowest BCUT2D eigenvalue weighted by atomic mass is 10.1. The molecule has 3 aromatic carbocycles. The summed E-state index contributed by atoms with van der Waals surface area (Å²) >= 11 is 12.0. The summed E-state index contributed by atoms with van der Waals surface area (Å²) in [5.74, 6) is -0.939. The maximum atomic E-state index is 14.0. The number of carbonyl (C=O) groups excluding carboxylic acids is 1. The molecule has 156 valence electrons. The van der Waals surface area contributed by atoms with Crippen LogP contribution in [0, 0.1) is 5.82 Å². The normalized spacial score (nSPS) is 11.2. The molecule has 0 atom stereocenters. The lowest BCUT2D eigenvalue weighted by molar-refractivity contribution is 0.102. The maximum Gasteiger partial charge on any atom is 0.255 e. The molecule has 0 aromatic heterocycles. The summed E-state index contributed by atoms with van der Waals surface area (Å²) in [7, 11) is -3.69. The van der Waals surface area contributed by atoms with Crippen molar-refractivity contribution in [3.05, 3.63) is 93.7 Å². The highest BCUT2D eigenvalue weighted by atomic mass is 35.5. The van der Waals surface area contributed by atoms with Gasteiger partial charge in [0.1, 0.15) is 5.82 Å². The maximum absolute atomic E-state index is 14.0. The number of rotatable bonds is 6. The van der Waals surface area contributed by atoms with Crippen LogP contribution in [0.2, 0.25) is 10.0 Å². The molecular formula is C21H17Cl2FN2O3S. The first-order valence-electron chi connectivity index (χ1n) is 8.73. The van der Waals surface area contributed by atoms with Crippen LogP contribution in [0.4, 0.5) is 15.8 Å². The van der Waals surface area contributed by atoms with E-state index in [1.807, 2.05) is 0 Å². The van der Waals surface area contributed by atoms with Crippen LogP contribution < -0.4 is 9.62 Å². The minimum Gasteiger partial charge on any atom is -0.321 e. The van der Waals surface area contributed by atoms with Crippen LogP contribution in [0.1, 0.15) is 15.9 Å². The van der Waals surface area contributed by atoms with Gasteiger partial charge in [-0.25, -0.2) is 12.8 Å². The van der Waals surface area contributed by atoms with Crippen LogP contribution >= 0.6 is 23.2 Å². The third-order valence-corrected chi connectivity index (χ3v) is 6.25. The van der Waals surface area contributed by atoms with Crippen LogP contribution in [0.3, 0.4) is 0 Å². The van der Waals surface area contributed by atoms with E-state index in [2.05, 4.69) is 5.32 Å². The molecule has 0 saturated carbocycles. The molecule has 0 unspecified atom stereocenters. The molecule has 30 heavy (non-hydrogen) atoms. The van der Waals surface area contributed by atoms with E-state index in [-0.39, 0.29) is 22.7 Å². The third kappa shape index (κ3) is 5.11. The number of hydrogen-bond donors (Lipinski definition) is 1. The Morgan fingerprint density at radius 3 is 2.30 bits per heavy atom. The highest BCUT2D eigenvalue weighted by Crippen LogP contribution is 2.30. The minimum absolute atomic E-state index is 0.171. The van der Waals surface area contributed by atoms with Gasteiger partial charge in [0.05, 0.1) is 34.2 Å². The number of carbonyl (C=O) groups is 1. The van der Waals surface area contributed by atoms with Gasteiger partial charge in [-0.3, -0.25) is 9.10 Å². The van der Waals surface area contributed by atoms with Crippen molar-refractivity contribution < 1.29 is 17.6 Å². The van der Waals surface area contributed by atoms with E-state index in [0.29, 0.717) is 16.4 Å². The number of anilines is 2. The van der Waals surface area contributed by atoms with E-state index < -0.39 is 21.7 Å². The molecule has 3 rings (SSSR count). The highest BCUT2D eigenvalue weighted by Gasteiger charge is 2.20. The number of nitrogens with one attached hydrogen (secondary N) is 1. The fourth-order valence-corrected chi connectivity index (χ4v) is 3.98. The quantitative estimate of drug-likeness (QED) is 0.532. The Labute approximate surface area is 184 Å². The van der Waals surface area contributed by atoms with E-state index in [4.69, 9.17) is 23.2 Å². The van der Waals surface area contributed by atoms with Gasteiger partial charge in [-0.2, -0.15) is 0 Å². The molecule has 0 spiro atoms. The molecular weight excluding hydrogens is 450 g/mol. The van der Waals surface area contributed by atoms with Crippen LogP contribution in [-0.2, 0) is 16.6 Å². The summed E-state index contributed by atoms with van der Waals surface area (Å²) in [6, 6.07) is 16.7. The summed E-state index contributed by atoms with van der Waals surface area (Å²) in [5.41, 5.74) is 1.18. The summed E-state index contributed by atoms with van der Waals surface area (Å²) in [6.45, 7) is -0.171. The molecule has 0 aliphatic rings. The van der Waals surface area contributed by atoms with Crippen molar-refractivity contribution in [1.82, 2.24) is 0 Å². The number of benzene rings is 3. The van der Waals surface area contributed by atoms with Crippen molar-refractivity contribution in [1.29, 1.82) is 0 Å². The number of sulfonamides is 1. The van der Waals surface area contributed by atoms with Crippen LogP contribution in [0.25, 0.3) is 0 Å². The Bertz CT molecular complexity index is 1190. The van der Waals surface area contributed by atoms with E-state index in [1.165, 1.54) is 42.5 Å². The van der Waals surface area contributed by atoms with Crippen LogP contribution in [0.5, 0.6) is 0 Å². The Balaban J connectivity index is 1.84. The molecule has 0 saturated heterocycles. The van der Waals surface area contributed by atoms with Gasteiger partial charge < -0.3 is 5.32 Å². The zero-order valence-electron chi connectivity index (χ0n) is 15.8. The minimum atomic E-state index is -3.69. The van der Waals surface area contributed by atoms with Crippen LogP contribution in [0.15, 0.2) is 66.7 Å². The summed E-state index contributed by atoms with van der Waals surface area (Å²) in [4.78, 5) is 12.5. The van der Waals surface area contributed by atoms with Crippen molar-refractivity contribution in [2.75, 3.05) is 15.9 Å². The molecule has 9 heteroatoms.